The summed E-state index contributed by atoms with van der Waals surface area (Å²) in [6.07, 6.45) is 10.8. The monoisotopic (exact) mass is 1220 g/mol. The van der Waals surface area contributed by atoms with Crippen LogP contribution in [-0.4, -0.2) is 54.0 Å². The van der Waals surface area contributed by atoms with E-state index in [0.717, 1.165) is 78.9 Å². The third kappa shape index (κ3) is 6.55. The fourth-order valence-corrected chi connectivity index (χ4v) is 9.72. The van der Waals surface area contributed by atoms with Crippen LogP contribution in [0.5, 0.6) is 0 Å². The summed E-state index contributed by atoms with van der Waals surface area (Å²) in [4.78, 5) is 28.0. The Labute approximate surface area is 413 Å². The second-order valence-electron chi connectivity index (χ2n) is 16.4. The van der Waals surface area contributed by atoms with Gasteiger partial charge in [-0.1, -0.05) is 36.4 Å². The molecule has 2 aliphatic carbocycles. The van der Waals surface area contributed by atoms with Gasteiger partial charge in [-0.05, 0) is 77.4 Å². The van der Waals surface area contributed by atoms with Crippen LogP contribution in [0, 0.1) is 25.5 Å². The van der Waals surface area contributed by atoms with Crippen LogP contribution in [0.3, 0.4) is 0 Å². The molecule has 66 heavy (non-hydrogen) atoms. The Morgan fingerprint density at radius 2 is 0.803 bits per heavy atom. The maximum Gasteiger partial charge on any atom is 0.0988 e. The predicted molar refractivity (Wildman–Crippen MR) is 244 cm³/mol. The number of hydrogen-bond acceptors (Lipinski definition) is 10. The van der Waals surface area contributed by atoms with Crippen LogP contribution in [0.1, 0.15) is 73.0 Å². The van der Waals surface area contributed by atoms with Gasteiger partial charge in [0.15, 0.2) is 0 Å². The molecule has 0 amide bonds. The molecule has 12 rings (SSSR count). The average molecular weight is 1230 g/mol. The Morgan fingerprint density at radius 3 is 1.09 bits per heavy atom. The molecule has 8 heterocycles. The fraction of sp³-hybridized carbons (Fsp3) is 0.154. The first-order valence-corrected chi connectivity index (χ1v) is 21.1. The first kappa shape index (κ1) is 44.7. The number of hydrogen-bond donors (Lipinski definition) is 0. The maximum absolute atomic E-state index is 4.86. The normalized spacial score (nSPS) is 16.0. The van der Waals surface area contributed by atoms with E-state index in [1.807, 2.05) is 61.2 Å². The minimum atomic E-state index is -0.780. The molecule has 6 aromatic heterocycles. The molecule has 0 saturated heterocycles. The van der Waals surface area contributed by atoms with Gasteiger partial charge < -0.3 is 40.0 Å². The van der Waals surface area contributed by atoms with E-state index in [1.54, 1.807) is 12.4 Å². The van der Waals surface area contributed by atoms with E-state index in [4.69, 9.17) is 19.9 Å². The zero-order chi connectivity index (χ0) is 43.7. The van der Waals surface area contributed by atoms with Gasteiger partial charge in [0.1, 0.15) is 0 Å². The van der Waals surface area contributed by atoms with E-state index >= 15 is 0 Å². The van der Waals surface area contributed by atoms with E-state index in [2.05, 4.69) is 168 Å². The Kier molecular flexibility index (Phi) is 11.8. The van der Waals surface area contributed by atoms with Gasteiger partial charge in [0.2, 0.25) is 0 Å². The van der Waals surface area contributed by atoms with Gasteiger partial charge in [0, 0.05) is 112 Å². The van der Waals surface area contributed by atoms with Crippen molar-refractivity contribution >= 4 is 11.4 Å². The Bertz CT molecular complexity index is 2840. The molecule has 0 N–H and O–H groups in total. The van der Waals surface area contributed by atoms with Crippen molar-refractivity contribution in [1.82, 2.24) is 50.1 Å². The van der Waals surface area contributed by atoms with Crippen LogP contribution >= 0.6 is 0 Å². The zero-order valence-corrected chi connectivity index (χ0v) is 41.4. The van der Waals surface area contributed by atoms with Crippen LogP contribution in [0.4, 0.5) is 11.4 Å². The summed E-state index contributed by atoms with van der Waals surface area (Å²) >= 11 is 0. The largest absolute Gasteiger partial charge is 0.581 e. The van der Waals surface area contributed by atoms with Crippen molar-refractivity contribution in [1.29, 1.82) is 0 Å². The van der Waals surface area contributed by atoms with E-state index in [-0.39, 0.29) is 42.1 Å². The average Bonchev–Trinajstić information content (AvgIpc) is 4.22. The topological polar surface area (TPSA) is 118 Å². The molecule has 8 aromatic rings. The minimum Gasteiger partial charge on any atom is -0.581 e. The molecule has 0 spiro atoms. The molecule has 4 aliphatic rings. The molecule has 0 atom stereocenters. The summed E-state index contributed by atoms with van der Waals surface area (Å²) in [5.74, 6) is 0. The molecular formula is C52H42N12Pt2-6. The van der Waals surface area contributed by atoms with Gasteiger partial charge in [-0.15, -0.1) is 22.5 Å². The summed E-state index contributed by atoms with van der Waals surface area (Å²) in [5.41, 5.74) is 16.5. The SMILES string of the molecule is CC1=C(C)N(c2[c-]c(C3(c4cc[n-]n4)c4ncccc4-c4cccnc43)ccc2)[CH-]N1C.CC1=C(C)N(c2[c-]c(C3(c4cc[n-]n4)c4ncccc4-c4cccnc43)ccc2)[CH-]N1C.[Pt].[Pt]. The molecule has 0 unspecified atom stereocenters. The number of allylic oxidation sites excluding steroid dienone is 4. The van der Waals surface area contributed by atoms with Gasteiger partial charge in [-0.3, -0.25) is 19.9 Å². The number of aromatic nitrogens is 8. The summed E-state index contributed by atoms with van der Waals surface area (Å²) in [6.45, 7) is 12.7. The summed E-state index contributed by atoms with van der Waals surface area (Å²) in [7, 11) is 4.11. The third-order valence-corrected chi connectivity index (χ3v) is 13.2. The second-order valence-corrected chi connectivity index (χ2v) is 16.4. The number of anilines is 2. The number of benzene rings is 2. The second kappa shape index (κ2) is 17.4. The van der Waals surface area contributed by atoms with Gasteiger partial charge in [0.25, 0.3) is 0 Å². The molecule has 0 radical (unpaired) electrons. The fourth-order valence-electron chi connectivity index (χ4n) is 9.72. The van der Waals surface area contributed by atoms with Crippen molar-refractivity contribution in [3.05, 3.63) is 228 Å². The number of fused-ring (bicyclic) bond motifs is 6. The van der Waals surface area contributed by atoms with Crippen molar-refractivity contribution in [3.63, 3.8) is 0 Å². The summed E-state index contributed by atoms with van der Waals surface area (Å²) in [5, 5.41) is 17.4. The molecule has 2 aromatic carbocycles. The van der Waals surface area contributed by atoms with Crippen molar-refractivity contribution < 1.29 is 42.1 Å². The molecule has 0 bridgehead atoms. The number of rotatable bonds is 6. The Hall–Kier alpha value is -6.48. The van der Waals surface area contributed by atoms with E-state index in [0.29, 0.717) is 0 Å². The number of nitrogens with zero attached hydrogens (tertiary/aromatic N) is 12. The van der Waals surface area contributed by atoms with Crippen molar-refractivity contribution in [2.24, 2.45) is 0 Å². The Balaban J connectivity index is 0.000000161. The zero-order valence-electron chi connectivity index (χ0n) is 36.9. The Morgan fingerprint density at radius 1 is 0.455 bits per heavy atom. The molecule has 0 fully saturated rings. The summed E-state index contributed by atoms with van der Waals surface area (Å²) in [6, 6.07) is 40.0. The molecular weight excluding hydrogens is 1180 g/mol. The molecule has 2 aliphatic heterocycles. The van der Waals surface area contributed by atoms with Gasteiger partial charge in [-0.2, -0.15) is 74.3 Å². The van der Waals surface area contributed by atoms with Crippen LogP contribution in [0.2, 0.25) is 0 Å². The van der Waals surface area contributed by atoms with Crippen LogP contribution < -0.4 is 20.0 Å². The van der Waals surface area contributed by atoms with Gasteiger partial charge in [0.05, 0.1) is 33.6 Å². The van der Waals surface area contributed by atoms with E-state index in [1.165, 1.54) is 22.8 Å². The summed E-state index contributed by atoms with van der Waals surface area (Å²) < 4.78 is 0. The predicted octanol–water partition coefficient (Wildman–Crippen LogP) is 8.22. The van der Waals surface area contributed by atoms with Gasteiger partial charge in [-0.25, -0.2) is 0 Å². The van der Waals surface area contributed by atoms with Crippen LogP contribution in [0.25, 0.3) is 22.3 Å². The quantitative estimate of drug-likeness (QED) is 0.149. The molecule has 336 valence electrons. The first-order valence-electron chi connectivity index (χ1n) is 21.1. The smallest absolute Gasteiger partial charge is 0.0988 e. The van der Waals surface area contributed by atoms with E-state index < -0.39 is 10.8 Å². The van der Waals surface area contributed by atoms with Gasteiger partial charge >= 0.3 is 0 Å². The molecule has 14 heteroatoms. The van der Waals surface area contributed by atoms with Crippen molar-refractivity contribution in [2.75, 3.05) is 23.9 Å². The minimum absolute atomic E-state index is 0. The standard InChI is InChI=1S/2C26H21N6.2Pt/c2*1-17-18(2)32(16-31(17)3)20-8-4-7-19(15-20)26(23-11-14-29-30-23)24-21(9-5-12-27-24)22-10-6-13-28-25(22)26;;/h2*4-14,16H,1-3H3;;/q2*-3;;. The third-order valence-electron chi connectivity index (χ3n) is 13.2. The first-order chi connectivity index (χ1) is 31.2. The molecule has 0 saturated carbocycles. The maximum atomic E-state index is 4.86. The van der Waals surface area contributed by atoms with Crippen LogP contribution in [0.15, 0.2) is 157 Å². The van der Waals surface area contributed by atoms with E-state index in [9.17, 15) is 0 Å². The number of pyridine rings is 4. The molecule has 12 nitrogen and oxygen atoms in total. The van der Waals surface area contributed by atoms with Crippen molar-refractivity contribution in [2.45, 2.75) is 38.5 Å². The van der Waals surface area contributed by atoms with Crippen LogP contribution in [-0.2, 0) is 53.0 Å². The van der Waals surface area contributed by atoms with Crippen molar-refractivity contribution in [3.8, 4) is 22.3 Å².